The summed E-state index contributed by atoms with van der Waals surface area (Å²) in [7, 11) is 3.15. The largest absolute Gasteiger partial charge is 0.486 e. The second kappa shape index (κ2) is 10.1. The third-order valence-electron chi connectivity index (χ3n) is 4.39. The van der Waals surface area contributed by atoms with Crippen LogP contribution in [0.15, 0.2) is 47.6 Å². The van der Waals surface area contributed by atoms with Crippen LogP contribution in [0, 0.1) is 13.8 Å². The fraction of sp³-hybridized carbons (Fsp3) is 0.273. The second-order valence-corrected chi connectivity index (χ2v) is 7.92. The number of thioether (sulfide) groups is 1. The molecule has 0 aliphatic rings. The Morgan fingerprint density at radius 3 is 2.55 bits per heavy atom. The van der Waals surface area contributed by atoms with E-state index in [1.165, 1.54) is 18.9 Å². The van der Waals surface area contributed by atoms with E-state index in [0.717, 1.165) is 16.9 Å². The van der Waals surface area contributed by atoms with Crippen molar-refractivity contribution in [1.29, 1.82) is 0 Å². The van der Waals surface area contributed by atoms with Gasteiger partial charge in [-0.25, -0.2) is 4.79 Å². The normalized spacial score (nSPS) is 10.6. The lowest BCUT2D eigenvalue weighted by atomic mass is 10.1. The Labute approximate surface area is 185 Å². The first-order valence-corrected chi connectivity index (χ1v) is 10.5. The number of carbonyl (C=O) groups excluding carboxylic acids is 2. The Bertz CT molecular complexity index is 1080. The smallest absolute Gasteiger partial charge is 0.337 e. The first-order valence-electron chi connectivity index (χ1n) is 9.56. The van der Waals surface area contributed by atoms with Crippen LogP contribution in [-0.2, 0) is 23.2 Å². The summed E-state index contributed by atoms with van der Waals surface area (Å²) in [5.41, 5.74) is 3.16. The van der Waals surface area contributed by atoms with Crippen LogP contribution < -0.4 is 10.1 Å². The Morgan fingerprint density at radius 1 is 1.10 bits per heavy atom. The molecule has 162 valence electrons. The molecule has 0 aliphatic heterocycles. The first-order chi connectivity index (χ1) is 14.9. The number of anilines is 1. The van der Waals surface area contributed by atoms with Gasteiger partial charge < -0.3 is 19.4 Å². The molecular weight excluding hydrogens is 416 g/mol. The molecule has 3 aromatic rings. The summed E-state index contributed by atoms with van der Waals surface area (Å²) < 4.78 is 12.3. The van der Waals surface area contributed by atoms with Gasteiger partial charge in [0.15, 0.2) is 11.0 Å². The van der Waals surface area contributed by atoms with Crippen molar-refractivity contribution in [1.82, 2.24) is 14.8 Å². The van der Waals surface area contributed by atoms with Gasteiger partial charge in [0.2, 0.25) is 5.91 Å². The van der Waals surface area contributed by atoms with E-state index in [0.29, 0.717) is 22.2 Å². The number of aryl methyl sites for hydroxylation is 2. The van der Waals surface area contributed by atoms with Crippen molar-refractivity contribution in [2.24, 2.45) is 7.05 Å². The van der Waals surface area contributed by atoms with E-state index in [2.05, 4.69) is 21.6 Å². The highest BCUT2D eigenvalue weighted by Gasteiger charge is 2.13. The minimum atomic E-state index is -0.458. The quantitative estimate of drug-likeness (QED) is 0.423. The van der Waals surface area contributed by atoms with Gasteiger partial charge in [-0.1, -0.05) is 23.9 Å². The Hall–Kier alpha value is -3.33. The SMILES string of the molecule is COC(=O)c1cccc(NC(=O)CSc2nnc(COc3cc(C)cc(C)c3)n2C)c1. The van der Waals surface area contributed by atoms with E-state index in [1.54, 1.807) is 28.8 Å². The van der Waals surface area contributed by atoms with Crippen molar-refractivity contribution in [2.45, 2.75) is 25.6 Å². The number of nitrogens with one attached hydrogen (secondary N) is 1. The maximum absolute atomic E-state index is 12.3. The van der Waals surface area contributed by atoms with Crippen LogP contribution in [0.3, 0.4) is 0 Å². The lowest BCUT2D eigenvalue weighted by Gasteiger charge is -2.09. The number of benzene rings is 2. The summed E-state index contributed by atoms with van der Waals surface area (Å²) in [6, 6.07) is 12.6. The number of carbonyl (C=O) groups is 2. The summed E-state index contributed by atoms with van der Waals surface area (Å²) in [6.07, 6.45) is 0. The third-order valence-corrected chi connectivity index (χ3v) is 5.41. The van der Waals surface area contributed by atoms with Gasteiger partial charge in [-0.05, 0) is 55.3 Å². The minimum absolute atomic E-state index is 0.145. The molecule has 8 nitrogen and oxygen atoms in total. The van der Waals surface area contributed by atoms with Crippen molar-refractivity contribution in [3.8, 4) is 5.75 Å². The van der Waals surface area contributed by atoms with E-state index in [1.807, 2.05) is 33.0 Å². The fourth-order valence-corrected chi connectivity index (χ4v) is 3.66. The van der Waals surface area contributed by atoms with Crippen LogP contribution >= 0.6 is 11.8 Å². The van der Waals surface area contributed by atoms with Gasteiger partial charge in [-0.2, -0.15) is 0 Å². The molecule has 0 bridgehead atoms. The molecule has 1 amide bonds. The van der Waals surface area contributed by atoms with E-state index >= 15 is 0 Å². The molecule has 0 atom stereocenters. The molecule has 0 radical (unpaired) electrons. The van der Waals surface area contributed by atoms with Crippen LogP contribution in [0.1, 0.15) is 27.3 Å². The van der Waals surface area contributed by atoms with Crippen molar-refractivity contribution in [3.05, 3.63) is 65.0 Å². The number of hydrogen-bond acceptors (Lipinski definition) is 7. The molecule has 3 rings (SSSR count). The summed E-state index contributed by atoms with van der Waals surface area (Å²) in [5, 5.41) is 11.7. The van der Waals surface area contributed by atoms with E-state index < -0.39 is 5.97 Å². The summed E-state index contributed by atoms with van der Waals surface area (Å²) >= 11 is 1.27. The van der Waals surface area contributed by atoms with E-state index in [4.69, 9.17) is 9.47 Å². The highest BCUT2D eigenvalue weighted by atomic mass is 32.2. The van der Waals surface area contributed by atoms with Gasteiger partial charge in [-0.3, -0.25) is 4.79 Å². The molecule has 1 N–H and O–H groups in total. The van der Waals surface area contributed by atoms with Crippen LogP contribution in [0.4, 0.5) is 5.69 Å². The molecule has 1 aromatic heterocycles. The van der Waals surface area contributed by atoms with Gasteiger partial charge in [0, 0.05) is 12.7 Å². The maximum Gasteiger partial charge on any atom is 0.337 e. The van der Waals surface area contributed by atoms with Gasteiger partial charge in [0.05, 0.1) is 18.4 Å². The molecule has 9 heteroatoms. The predicted octanol–water partition coefficient (Wildman–Crippen LogP) is 3.53. The minimum Gasteiger partial charge on any atom is -0.486 e. The zero-order chi connectivity index (χ0) is 22.4. The molecule has 31 heavy (non-hydrogen) atoms. The van der Waals surface area contributed by atoms with Crippen LogP contribution in [-0.4, -0.2) is 39.5 Å². The molecule has 1 heterocycles. The molecule has 0 saturated heterocycles. The molecule has 0 unspecified atom stereocenters. The lowest BCUT2D eigenvalue weighted by molar-refractivity contribution is -0.113. The van der Waals surface area contributed by atoms with Crippen LogP contribution in [0.5, 0.6) is 5.75 Å². The first kappa shape index (κ1) is 22.4. The number of aromatic nitrogens is 3. The van der Waals surface area contributed by atoms with Crippen molar-refractivity contribution in [3.63, 3.8) is 0 Å². The maximum atomic E-state index is 12.3. The predicted molar refractivity (Wildman–Crippen MR) is 118 cm³/mol. The number of nitrogens with zero attached hydrogens (tertiary/aromatic N) is 3. The number of hydrogen-bond donors (Lipinski definition) is 1. The zero-order valence-electron chi connectivity index (χ0n) is 17.8. The highest BCUT2D eigenvalue weighted by Crippen LogP contribution is 2.20. The van der Waals surface area contributed by atoms with E-state index in [9.17, 15) is 9.59 Å². The third kappa shape index (κ3) is 6.08. The molecule has 2 aromatic carbocycles. The van der Waals surface area contributed by atoms with Crippen molar-refractivity contribution in [2.75, 3.05) is 18.2 Å². The average molecular weight is 441 g/mol. The summed E-state index contributed by atoms with van der Waals surface area (Å²) in [4.78, 5) is 23.9. The molecule has 0 spiro atoms. The summed E-state index contributed by atoms with van der Waals surface area (Å²) in [5.74, 6) is 0.908. The molecular formula is C22H24N4O4S. The Kier molecular flexibility index (Phi) is 7.30. The van der Waals surface area contributed by atoms with Gasteiger partial charge >= 0.3 is 5.97 Å². The number of rotatable bonds is 8. The van der Waals surface area contributed by atoms with Crippen LogP contribution in [0.25, 0.3) is 0 Å². The lowest BCUT2D eigenvalue weighted by Crippen LogP contribution is -2.15. The van der Waals surface area contributed by atoms with Crippen LogP contribution in [0.2, 0.25) is 0 Å². The Morgan fingerprint density at radius 2 is 1.84 bits per heavy atom. The van der Waals surface area contributed by atoms with Gasteiger partial charge in [0.25, 0.3) is 0 Å². The number of esters is 1. The standard InChI is InChI=1S/C22H24N4O4S/c1-14-8-15(2)10-18(9-14)30-12-19-24-25-22(26(19)3)31-13-20(27)23-17-7-5-6-16(11-17)21(28)29-4/h5-11H,12-13H2,1-4H3,(H,23,27). The molecule has 0 aliphatic carbocycles. The van der Waals surface area contributed by atoms with Gasteiger partial charge in [0.1, 0.15) is 12.4 Å². The highest BCUT2D eigenvalue weighted by molar-refractivity contribution is 7.99. The molecule has 0 fully saturated rings. The fourth-order valence-electron chi connectivity index (χ4n) is 2.93. The average Bonchev–Trinajstić information content (AvgIpc) is 3.09. The number of ether oxygens (including phenoxy) is 2. The summed E-state index contributed by atoms with van der Waals surface area (Å²) in [6.45, 7) is 4.32. The number of amides is 1. The topological polar surface area (TPSA) is 95.3 Å². The van der Waals surface area contributed by atoms with Gasteiger partial charge in [-0.15, -0.1) is 10.2 Å². The van der Waals surface area contributed by atoms with Crippen molar-refractivity contribution >= 4 is 29.3 Å². The Balaban J connectivity index is 1.54. The van der Waals surface area contributed by atoms with Crippen molar-refractivity contribution < 1.29 is 19.1 Å². The number of methoxy groups -OCH3 is 1. The van der Waals surface area contributed by atoms with E-state index in [-0.39, 0.29) is 18.3 Å². The molecule has 0 saturated carbocycles. The zero-order valence-corrected chi connectivity index (χ0v) is 18.7. The second-order valence-electron chi connectivity index (χ2n) is 6.98. The monoisotopic (exact) mass is 440 g/mol.